The molecule has 0 saturated heterocycles. The van der Waals surface area contributed by atoms with Crippen LogP contribution in [-0.4, -0.2) is 18.2 Å². The fraction of sp³-hybridized carbons (Fsp3) is 0.409. The second-order valence-electron chi connectivity index (χ2n) is 7.94. The van der Waals surface area contributed by atoms with Gasteiger partial charge < -0.3 is 15.2 Å². The van der Waals surface area contributed by atoms with E-state index in [1.807, 2.05) is 24.3 Å². The highest BCUT2D eigenvalue weighted by Crippen LogP contribution is 2.63. The van der Waals surface area contributed by atoms with Gasteiger partial charge in [0.15, 0.2) is 0 Å². The van der Waals surface area contributed by atoms with Gasteiger partial charge in [0.25, 0.3) is 0 Å². The summed E-state index contributed by atoms with van der Waals surface area (Å²) in [5.74, 6) is 2.46. The summed E-state index contributed by atoms with van der Waals surface area (Å²) in [6.07, 6.45) is 3.85. The molecule has 2 aromatic rings. The van der Waals surface area contributed by atoms with Gasteiger partial charge in [0, 0.05) is 5.69 Å². The number of anilines is 1. The number of benzene rings is 2. The first-order chi connectivity index (χ1) is 12.7. The van der Waals surface area contributed by atoms with Crippen LogP contribution in [0, 0.1) is 17.8 Å². The summed E-state index contributed by atoms with van der Waals surface area (Å²) in [6, 6.07) is 14.2. The van der Waals surface area contributed by atoms with Gasteiger partial charge in [-0.1, -0.05) is 12.1 Å². The van der Waals surface area contributed by atoms with Crippen LogP contribution in [0.3, 0.4) is 0 Å². The van der Waals surface area contributed by atoms with Crippen molar-refractivity contribution in [1.29, 1.82) is 0 Å². The zero-order chi connectivity index (χ0) is 17.8. The van der Waals surface area contributed by atoms with Gasteiger partial charge in [-0.25, -0.2) is 4.79 Å². The number of rotatable bonds is 3. The van der Waals surface area contributed by atoms with Gasteiger partial charge >= 0.3 is 5.97 Å². The van der Waals surface area contributed by atoms with E-state index in [4.69, 9.17) is 4.74 Å². The van der Waals surface area contributed by atoms with Crippen LogP contribution in [0.15, 0.2) is 42.5 Å². The van der Waals surface area contributed by atoms with Crippen LogP contribution < -0.4 is 10.1 Å². The minimum atomic E-state index is -0.843. The summed E-state index contributed by atoms with van der Waals surface area (Å²) >= 11 is 0. The van der Waals surface area contributed by atoms with E-state index in [1.54, 1.807) is 13.2 Å². The molecule has 0 aromatic heterocycles. The Hall–Kier alpha value is -2.49. The molecule has 1 heterocycles. The minimum Gasteiger partial charge on any atom is -0.497 e. The van der Waals surface area contributed by atoms with Gasteiger partial charge in [0.1, 0.15) is 5.75 Å². The minimum absolute atomic E-state index is 0.282. The van der Waals surface area contributed by atoms with Crippen molar-refractivity contribution in [3.8, 4) is 5.75 Å². The second-order valence-corrected chi connectivity index (χ2v) is 7.94. The predicted molar refractivity (Wildman–Crippen MR) is 99.8 cm³/mol. The Kier molecular flexibility index (Phi) is 3.49. The number of fused-ring (bicyclic) bond motifs is 7. The maximum atomic E-state index is 11.5. The Balaban J connectivity index is 1.59. The van der Waals surface area contributed by atoms with Crippen LogP contribution >= 0.6 is 0 Å². The molecule has 0 radical (unpaired) electrons. The zero-order valence-corrected chi connectivity index (χ0v) is 14.8. The lowest BCUT2D eigenvalue weighted by molar-refractivity contribution is 0.0696. The summed E-state index contributed by atoms with van der Waals surface area (Å²) in [5.41, 5.74) is 4.01. The summed E-state index contributed by atoms with van der Waals surface area (Å²) in [5, 5.41) is 13.1. The molecule has 2 bridgehead atoms. The number of carbonyl (C=O) groups is 1. The lowest BCUT2D eigenvalue weighted by Crippen LogP contribution is -2.35. The molecule has 5 atom stereocenters. The van der Waals surface area contributed by atoms with Gasteiger partial charge in [0.05, 0.1) is 18.7 Å². The van der Waals surface area contributed by atoms with Crippen LogP contribution in [0.5, 0.6) is 5.75 Å². The molecule has 0 amide bonds. The van der Waals surface area contributed by atoms with E-state index >= 15 is 0 Å². The van der Waals surface area contributed by atoms with Crippen molar-refractivity contribution in [1.82, 2.24) is 0 Å². The third kappa shape index (κ3) is 2.24. The van der Waals surface area contributed by atoms with Crippen molar-refractivity contribution in [3.05, 3.63) is 59.2 Å². The first-order valence-electron chi connectivity index (χ1n) is 9.43. The number of hydrogen-bond donors (Lipinski definition) is 2. The van der Waals surface area contributed by atoms with E-state index in [0.29, 0.717) is 23.3 Å². The Morgan fingerprint density at radius 2 is 1.88 bits per heavy atom. The number of methoxy groups -OCH3 is 1. The smallest absolute Gasteiger partial charge is 0.335 e. The molecule has 2 aliphatic carbocycles. The quantitative estimate of drug-likeness (QED) is 0.844. The molecule has 2 N–H and O–H groups in total. The van der Waals surface area contributed by atoms with Crippen LogP contribution in [0.4, 0.5) is 5.69 Å². The van der Waals surface area contributed by atoms with Crippen LogP contribution in [0.25, 0.3) is 0 Å². The lowest BCUT2D eigenvalue weighted by Gasteiger charge is -2.43. The monoisotopic (exact) mass is 349 g/mol. The number of nitrogens with one attached hydrogen (secondary N) is 1. The molecule has 2 saturated carbocycles. The van der Waals surface area contributed by atoms with Crippen LogP contribution in [0.2, 0.25) is 0 Å². The number of hydrogen-bond acceptors (Lipinski definition) is 3. The highest BCUT2D eigenvalue weighted by Gasteiger charge is 2.53. The van der Waals surface area contributed by atoms with E-state index in [0.717, 1.165) is 17.4 Å². The maximum absolute atomic E-state index is 11.5. The summed E-state index contributed by atoms with van der Waals surface area (Å²) in [4.78, 5) is 11.5. The van der Waals surface area contributed by atoms with Crippen molar-refractivity contribution >= 4 is 11.7 Å². The molecule has 5 rings (SSSR count). The Morgan fingerprint density at radius 1 is 1.12 bits per heavy atom. The van der Waals surface area contributed by atoms with Crippen LogP contribution in [0.1, 0.15) is 52.7 Å². The predicted octanol–water partition coefficient (Wildman–Crippen LogP) is 4.69. The summed E-state index contributed by atoms with van der Waals surface area (Å²) in [6.45, 7) is 0. The SMILES string of the molecule is COc1ccc([C@@H]2Nc3ccc(C(=O)O)cc3[C@H]3[C@H]4CC[C@@H](C4)[C@H]32)cc1. The third-order valence-corrected chi connectivity index (χ3v) is 6.81. The normalized spacial score (nSPS) is 31.0. The molecule has 1 aliphatic heterocycles. The highest BCUT2D eigenvalue weighted by molar-refractivity contribution is 5.88. The number of ether oxygens (including phenoxy) is 1. The van der Waals surface area contributed by atoms with E-state index < -0.39 is 5.97 Å². The van der Waals surface area contributed by atoms with Gasteiger partial charge in [-0.3, -0.25) is 0 Å². The fourth-order valence-corrected chi connectivity index (χ4v) is 5.76. The Labute approximate surface area is 153 Å². The summed E-state index contributed by atoms with van der Waals surface area (Å²) in [7, 11) is 1.69. The Bertz CT molecular complexity index is 860. The lowest BCUT2D eigenvalue weighted by atomic mass is 9.68. The standard InChI is InChI=1S/C22H23NO3/c1-26-16-7-4-12(5-8-16)21-20-14-3-2-13(10-14)19(20)17-11-15(22(24)25)6-9-18(17)23-21/h4-9,11,13-14,19-21,23H,2-3,10H2,1H3,(H,24,25)/t13-,14-,19+,20+,21-/m0/s1. The molecule has 0 spiro atoms. The van der Waals surface area contributed by atoms with Gasteiger partial charge in [-0.15, -0.1) is 0 Å². The average Bonchev–Trinajstić information content (AvgIpc) is 3.29. The molecular weight excluding hydrogens is 326 g/mol. The second kappa shape index (κ2) is 5.76. The van der Waals surface area contributed by atoms with Crippen molar-refractivity contribution in [2.45, 2.75) is 31.2 Å². The topological polar surface area (TPSA) is 58.6 Å². The third-order valence-electron chi connectivity index (χ3n) is 6.81. The van der Waals surface area contributed by atoms with Crippen molar-refractivity contribution in [3.63, 3.8) is 0 Å². The zero-order valence-electron chi connectivity index (χ0n) is 14.8. The van der Waals surface area contributed by atoms with E-state index in [2.05, 4.69) is 17.4 Å². The molecule has 4 nitrogen and oxygen atoms in total. The fourth-order valence-electron chi connectivity index (χ4n) is 5.76. The number of carboxylic acids is 1. The molecular formula is C22H23NO3. The van der Waals surface area contributed by atoms with Crippen molar-refractivity contribution in [2.24, 2.45) is 17.8 Å². The molecule has 2 aromatic carbocycles. The molecule has 2 fully saturated rings. The number of aromatic carboxylic acids is 1. The van der Waals surface area contributed by atoms with Gasteiger partial charge in [-0.05, 0) is 84.4 Å². The molecule has 3 aliphatic rings. The maximum Gasteiger partial charge on any atom is 0.335 e. The van der Waals surface area contributed by atoms with Crippen molar-refractivity contribution < 1.29 is 14.6 Å². The number of carboxylic acid groups (broad SMARTS) is 1. The van der Waals surface area contributed by atoms with E-state index in [-0.39, 0.29) is 6.04 Å². The largest absolute Gasteiger partial charge is 0.497 e. The highest BCUT2D eigenvalue weighted by atomic mass is 16.5. The first-order valence-corrected chi connectivity index (χ1v) is 9.43. The van der Waals surface area contributed by atoms with Crippen LogP contribution in [-0.2, 0) is 0 Å². The van der Waals surface area contributed by atoms with Crippen molar-refractivity contribution in [2.75, 3.05) is 12.4 Å². The molecule has 4 heteroatoms. The average molecular weight is 349 g/mol. The van der Waals surface area contributed by atoms with E-state index in [1.165, 1.54) is 30.4 Å². The summed E-state index contributed by atoms with van der Waals surface area (Å²) < 4.78 is 5.31. The van der Waals surface area contributed by atoms with Gasteiger partial charge in [0.2, 0.25) is 0 Å². The Morgan fingerprint density at radius 3 is 2.62 bits per heavy atom. The molecule has 134 valence electrons. The van der Waals surface area contributed by atoms with E-state index in [9.17, 15) is 9.90 Å². The first kappa shape index (κ1) is 15.7. The van der Waals surface area contributed by atoms with Gasteiger partial charge in [-0.2, -0.15) is 0 Å². The molecule has 0 unspecified atom stereocenters. The molecule has 26 heavy (non-hydrogen) atoms.